The van der Waals surface area contributed by atoms with Crippen molar-refractivity contribution < 1.29 is 33.7 Å². The maximum atomic E-state index is 12.4. The summed E-state index contributed by atoms with van der Waals surface area (Å²) >= 11 is 0. The zero-order chi connectivity index (χ0) is 20.7. The third-order valence-corrected chi connectivity index (χ3v) is 4.94. The van der Waals surface area contributed by atoms with E-state index >= 15 is 0 Å². The standard InChI is InChI=1S/C20H27NO7/c1-14(22)15-6-7-16(17(11-15)27-3)28-10-4-5-18(23)21-9-8-20(12-21,13-26-2)19(24)25/h6-7,11H,4-5,8-10,12-13H2,1-3H3,(H,24,25). The summed E-state index contributed by atoms with van der Waals surface area (Å²) in [6.45, 7) is 2.44. The summed E-state index contributed by atoms with van der Waals surface area (Å²) in [5.41, 5.74) is -0.487. The second kappa shape index (κ2) is 9.54. The number of methoxy groups -OCH3 is 2. The van der Waals surface area contributed by atoms with E-state index in [0.717, 1.165) is 0 Å². The SMILES string of the molecule is COCC1(C(=O)O)CCN(C(=O)CCCOc2ccc(C(C)=O)cc2OC)C1. The lowest BCUT2D eigenvalue weighted by atomic mass is 9.88. The molecule has 1 aliphatic heterocycles. The monoisotopic (exact) mass is 393 g/mol. The highest BCUT2D eigenvalue weighted by Crippen LogP contribution is 2.32. The third-order valence-electron chi connectivity index (χ3n) is 4.94. The third kappa shape index (κ3) is 5.01. The number of aliphatic carboxylic acids is 1. The Hall–Kier alpha value is -2.61. The van der Waals surface area contributed by atoms with E-state index in [0.29, 0.717) is 43.1 Å². The van der Waals surface area contributed by atoms with Crippen LogP contribution in [0.3, 0.4) is 0 Å². The molecule has 1 heterocycles. The maximum absolute atomic E-state index is 12.4. The largest absolute Gasteiger partial charge is 0.493 e. The van der Waals surface area contributed by atoms with E-state index in [1.54, 1.807) is 23.1 Å². The van der Waals surface area contributed by atoms with Crippen LogP contribution in [0.1, 0.15) is 36.5 Å². The molecule has 0 radical (unpaired) electrons. The molecule has 28 heavy (non-hydrogen) atoms. The van der Waals surface area contributed by atoms with Crippen LogP contribution in [-0.4, -0.2) is 68.2 Å². The van der Waals surface area contributed by atoms with E-state index in [4.69, 9.17) is 14.2 Å². The van der Waals surface area contributed by atoms with Gasteiger partial charge in [-0.2, -0.15) is 0 Å². The number of ketones is 1. The molecular formula is C20H27NO7. The molecule has 154 valence electrons. The van der Waals surface area contributed by atoms with Gasteiger partial charge in [-0.25, -0.2) is 0 Å². The van der Waals surface area contributed by atoms with Gasteiger partial charge >= 0.3 is 5.97 Å². The van der Waals surface area contributed by atoms with Gasteiger partial charge in [0.25, 0.3) is 0 Å². The van der Waals surface area contributed by atoms with Crippen LogP contribution in [0.4, 0.5) is 0 Å². The first-order chi connectivity index (χ1) is 13.3. The topological polar surface area (TPSA) is 102 Å². The number of likely N-dealkylation sites (tertiary alicyclic amines) is 1. The maximum Gasteiger partial charge on any atom is 0.313 e. The second-order valence-electron chi connectivity index (χ2n) is 6.96. The molecule has 1 aromatic carbocycles. The van der Waals surface area contributed by atoms with Crippen molar-refractivity contribution in [2.24, 2.45) is 5.41 Å². The summed E-state index contributed by atoms with van der Waals surface area (Å²) in [6, 6.07) is 4.95. The fourth-order valence-electron chi connectivity index (χ4n) is 3.29. The van der Waals surface area contributed by atoms with E-state index in [1.165, 1.54) is 21.1 Å². The lowest BCUT2D eigenvalue weighted by molar-refractivity contribution is -0.151. The highest BCUT2D eigenvalue weighted by molar-refractivity contribution is 5.94. The number of benzene rings is 1. The molecule has 0 spiro atoms. The van der Waals surface area contributed by atoms with Crippen molar-refractivity contribution in [3.8, 4) is 11.5 Å². The lowest BCUT2D eigenvalue weighted by Crippen LogP contribution is -2.40. The summed E-state index contributed by atoms with van der Waals surface area (Å²) in [6.07, 6.45) is 1.13. The smallest absolute Gasteiger partial charge is 0.313 e. The number of amides is 1. The van der Waals surface area contributed by atoms with Gasteiger partial charge in [0.2, 0.25) is 5.91 Å². The van der Waals surface area contributed by atoms with Crippen molar-refractivity contribution in [3.05, 3.63) is 23.8 Å². The van der Waals surface area contributed by atoms with E-state index in [-0.39, 0.29) is 31.3 Å². The van der Waals surface area contributed by atoms with Crippen LogP contribution in [-0.2, 0) is 14.3 Å². The molecule has 0 aromatic heterocycles. The van der Waals surface area contributed by atoms with E-state index in [1.807, 2.05) is 0 Å². The normalized spacial score (nSPS) is 18.8. The van der Waals surface area contributed by atoms with Crippen molar-refractivity contribution in [2.75, 3.05) is 40.5 Å². The number of hydrogen-bond donors (Lipinski definition) is 1. The Morgan fingerprint density at radius 2 is 1.96 bits per heavy atom. The minimum absolute atomic E-state index is 0.0630. The van der Waals surface area contributed by atoms with Gasteiger partial charge in [0, 0.05) is 32.2 Å². The summed E-state index contributed by atoms with van der Waals surface area (Å²) in [4.78, 5) is 37.0. The van der Waals surface area contributed by atoms with Crippen LogP contribution in [0.5, 0.6) is 11.5 Å². The van der Waals surface area contributed by atoms with Crippen LogP contribution >= 0.6 is 0 Å². The van der Waals surface area contributed by atoms with E-state index in [9.17, 15) is 19.5 Å². The van der Waals surface area contributed by atoms with Crippen molar-refractivity contribution in [1.82, 2.24) is 4.90 Å². The highest BCUT2D eigenvalue weighted by Gasteiger charge is 2.46. The molecule has 1 amide bonds. The molecule has 0 bridgehead atoms. The summed E-state index contributed by atoms with van der Waals surface area (Å²) in [5, 5.41) is 9.47. The number of rotatable bonds is 10. The first-order valence-electron chi connectivity index (χ1n) is 9.15. The first kappa shape index (κ1) is 21.7. The number of nitrogens with zero attached hydrogens (tertiary/aromatic N) is 1. The number of carboxylic acid groups (broad SMARTS) is 1. The van der Waals surface area contributed by atoms with Gasteiger partial charge in [-0.05, 0) is 38.0 Å². The summed E-state index contributed by atoms with van der Waals surface area (Å²) < 4.78 is 16.0. The molecule has 1 saturated heterocycles. The lowest BCUT2D eigenvalue weighted by Gasteiger charge is -2.23. The molecule has 8 heteroatoms. The first-order valence-corrected chi connectivity index (χ1v) is 9.15. The van der Waals surface area contributed by atoms with Gasteiger partial charge in [0.1, 0.15) is 5.41 Å². The van der Waals surface area contributed by atoms with Gasteiger partial charge in [-0.1, -0.05) is 0 Å². The Kier molecular flexibility index (Phi) is 7.39. The average Bonchev–Trinajstić information content (AvgIpc) is 3.11. The van der Waals surface area contributed by atoms with Crippen molar-refractivity contribution >= 4 is 17.7 Å². The van der Waals surface area contributed by atoms with Gasteiger partial charge in [0.15, 0.2) is 17.3 Å². The molecule has 1 N–H and O–H groups in total. The Balaban J connectivity index is 1.83. The van der Waals surface area contributed by atoms with Gasteiger partial charge in [0.05, 0.1) is 20.3 Å². The number of carboxylic acids is 1. The molecule has 1 fully saturated rings. The summed E-state index contributed by atoms with van der Waals surface area (Å²) in [7, 11) is 2.96. The molecule has 0 aliphatic carbocycles. The van der Waals surface area contributed by atoms with Gasteiger partial charge < -0.3 is 24.2 Å². The Morgan fingerprint density at radius 3 is 2.57 bits per heavy atom. The average molecular weight is 393 g/mol. The van der Waals surface area contributed by atoms with E-state index in [2.05, 4.69) is 0 Å². The molecule has 1 aromatic rings. The fourth-order valence-corrected chi connectivity index (χ4v) is 3.29. The van der Waals surface area contributed by atoms with Crippen LogP contribution in [0.15, 0.2) is 18.2 Å². The van der Waals surface area contributed by atoms with Crippen LogP contribution in [0.2, 0.25) is 0 Å². The molecule has 2 rings (SSSR count). The molecular weight excluding hydrogens is 366 g/mol. The van der Waals surface area contributed by atoms with Crippen LogP contribution in [0.25, 0.3) is 0 Å². The minimum Gasteiger partial charge on any atom is -0.493 e. The fraction of sp³-hybridized carbons (Fsp3) is 0.550. The Morgan fingerprint density at radius 1 is 1.21 bits per heavy atom. The predicted molar refractivity (Wildman–Crippen MR) is 101 cm³/mol. The molecule has 8 nitrogen and oxygen atoms in total. The molecule has 0 saturated carbocycles. The minimum atomic E-state index is -1.02. The Bertz CT molecular complexity index is 733. The van der Waals surface area contributed by atoms with Crippen LogP contribution < -0.4 is 9.47 Å². The quantitative estimate of drug-likeness (QED) is 0.479. The predicted octanol–water partition coefficient (Wildman–Crippen LogP) is 2.01. The summed E-state index contributed by atoms with van der Waals surface area (Å²) in [5.74, 6) is -0.127. The van der Waals surface area contributed by atoms with Crippen molar-refractivity contribution in [3.63, 3.8) is 0 Å². The highest BCUT2D eigenvalue weighted by atomic mass is 16.5. The molecule has 1 unspecified atom stereocenters. The van der Waals surface area contributed by atoms with Gasteiger partial charge in [-0.3, -0.25) is 14.4 Å². The number of carbonyl (C=O) groups excluding carboxylic acids is 2. The second-order valence-corrected chi connectivity index (χ2v) is 6.96. The molecule has 1 atom stereocenters. The van der Waals surface area contributed by atoms with Gasteiger partial charge in [-0.15, -0.1) is 0 Å². The number of carbonyl (C=O) groups is 3. The van der Waals surface area contributed by atoms with Crippen molar-refractivity contribution in [2.45, 2.75) is 26.2 Å². The zero-order valence-corrected chi connectivity index (χ0v) is 16.5. The Labute approximate surface area is 164 Å². The number of ether oxygens (including phenoxy) is 3. The number of hydrogen-bond acceptors (Lipinski definition) is 6. The van der Waals surface area contributed by atoms with Crippen molar-refractivity contribution in [1.29, 1.82) is 0 Å². The number of Topliss-reactive ketones (excluding diaryl/α,β-unsaturated/α-hetero) is 1. The molecule has 1 aliphatic rings. The van der Waals surface area contributed by atoms with E-state index < -0.39 is 11.4 Å². The van der Waals surface area contributed by atoms with Crippen LogP contribution in [0, 0.1) is 5.41 Å². The zero-order valence-electron chi connectivity index (χ0n) is 16.5.